The van der Waals surface area contributed by atoms with Crippen molar-refractivity contribution in [3.8, 4) is 0 Å². The molecule has 1 aromatic rings. The van der Waals surface area contributed by atoms with Gasteiger partial charge >= 0.3 is 0 Å². The average molecular weight is 198 g/mol. The average Bonchev–Trinajstić information content (AvgIpc) is 2.72. The van der Waals surface area contributed by atoms with Crippen molar-refractivity contribution in [1.29, 1.82) is 0 Å². The third-order valence-electron chi connectivity index (χ3n) is 1.80. The van der Waals surface area contributed by atoms with Gasteiger partial charge in [0.25, 0.3) is 5.91 Å². The molecule has 1 amide bonds. The second-order valence-corrected chi connectivity index (χ2v) is 2.69. The van der Waals surface area contributed by atoms with Crippen molar-refractivity contribution in [3.05, 3.63) is 24.0 Å². The number of aromatic nitrogens is 1. The summed E-state index contributed by atoms with van der Waals surface area (Å²) in [7, 11) is 3.05. The van der Waals surface area contributed by atoms with Crippen LogP contribution in [0.4, 0.5) is 0 Å². The quantitative estimate of drug-likeness (QED) is 0.671. The van der Waals surface area contributed by atoms with Crippen LogP contribution in [0, 0.1) is 0 Å². The summed E-state index contributed by atoms with van der Waals surface area (Å²) in [6.07, 6.45) is 1.29. The minimum Gasteiger partial charge on any atom is -0.357 e. The molecule has 5 heteroatoms. The van der Waals surface area contributed by atoms with Crippen LogP contribution in [0.2, 0.25) is 0 Å². The first-order valence-corrected chi connectivity index (χ1v) is 4.25. The summed E-state index contributed by atoms with van der Waals surface area (Å²) in [5.41, 5.74) is 0.524. The van der Waals surface area contributed by atoms with Crippen LogP contribution in [0.25, 0.3) is 0 Å². The fourth-order valence-electron chi connectivity index (χ4n) is 1.01. The summed E-state index contributed by atoms with van der Waals surface area (Å²) in [4.78, 5) is 14.2. The van der Waals surface area contributed by atoms with Crippen LogP contribution >= 0.6 is 0 Å². The molecule has 5 nitrogen and oxygen atoms in total. The lowest BCUT2D eigenvalue weighted by molar-refractivity contribution is -0.0974. The molecule has 14 heavy (non-hydrogen) atoms. The molecule has 0 radical (unpaired) electrons. The van der Waals surface area contributed by atoms with Crippen molar-refractivity contribution in [2.45, 2.75) is 6.29 Å². The molecule has 0 unspecified atom stereocenters. The molecule has 0 aliphatic heterocycles. The maximum atomic E-state index is 11.4. The predicted octanol–water partition coefficient (Wildman–Crippen LogP) is 0.363. The number of amides is 1. The van der Waals surface area contributed by atoms with E-state index in [0.717, 1.165) is 0 Å². The van der Waals surface area contributed by atoms with Crippen LogP contribution in [0.5, 0.6) is 0 Å². The zero-order valence-corrected chi connectivity index (χ0v) is 8.24. The van der Waals surface area contributed by atoms with Gasteiger partial charge in [0, 0.05) is 20.4 Å². The first kappa shape index (κ1) is 10.7. The Morgan fingerprint density at radius 3 is 2.79 bits per heavy atom. The summed E-state index contributed by atoms with van der Waals surface area (Å²) in [5.74, 6) is -0.172. The Balaban J connectivity index is 2.35. The molecule has 2 N–H and O–H groups in total. The van der Waals surface area contributed by atoms with Crippen LogP contribution in [0.1, 0.15) is 10.5 Å². The number of H-pyrrole nitrogens is 1. The number of carbonyl (C=O) groups excluding carboxylic acids is 1. The van der Waals surface area contributed by atoms with Crippen molar-refractivity contribution < 1.29 is 14.3 Å². The SMILES string of the molecule is COC(CNC(=O)c1ccc[nH]1)OC. The van der Waals surface area contributed by atoms with Gasteiger partial charge in [-0.15, -0.1) is 0 Å². The maximum absolute atomic E-state index is 11.4. The topological polar surface area (TPSA) is 63.3 Å². The lowest BCUT2D eigenvalue weighted by atomic mass is 10.4. The number of aromatic amines is 1. The molecule has 1 aromatic heterocycles. The first-order valence-electron chi connectivity index (χ1n) is 4.25. The highest BCUT2D eigenvalue weighted by molar-refractivity contribution is 5.92. The van der Waals surface area contributed by atoms with Gasteiger partial charge in [0.1, 0.15) is 5.69 Å². The van der Waals surface area contributed by atoms with E-state index in [1.165, 1.54) is 14.2 Å². The van der Waals surface area contributed by atoms with E-state index in [4.69, 9.17) is 9.47 Å². The molecule has 0 atom stereocenters. The standard InChI is InChI=1S/C9H14N2O3/c1-13-8(14-2)6-11-9(12)7-4-3-5-10-7/h3-5,8,10H,6H2,1-2H3,(H,11,12). The number of methoxy groups -OCH3 is 2. The molecular weight excluding hydrogens is 184 g/mol. The van der Waals surface area contributed by atoms with Crippen LogP contribution in [0.15, 0.2) is 18.3 Å². The largest absolute Gasteiger partial charge is 0.357 e. The Morgan fingerprint density at radius 2 is 2.29 bits per heavy atom. The van der Waals surface area contributed by atoms with Crippen LogP contribution in [0.3, 0.4) is 0 Å². The van der Waals surface area contributed by atoms with Gasteiger partial charge in [-0.3, -0.25) is 4.79 Å². The highest BCUT2D eigenvalue weighted by atomic mass is 16.7. The third kappa shape index (κ3) is 2.86. The summed E-state index contributed by atoms with van der Waals surface area (Å²) >= 11 is 0. The summed E-state index contributed by atoms with van der Waals surface area (Å²) in [6, 6.07) is 3.46. The molecule has 0 aliphatic carbocycles. The van der Waals surface area contributed by atoms with Gasteiger partial charge in [-0.05, 0) is 12.1 Å². The minimum absolute atomic E-state index is 0.172. The molecule has 0 saturated heterocycles. The van der Waals surface area contributed by atoms with Gasteiger partial charge in [-0.2, -0.15) is 0 Å². The monoisotopic (exact) mass is 198 g/mol. The van der Waals surface area contributed by atoms with E-state index in [1.54, 1.807) is 18.3 Å². The smallest absolute Gasteiger partial charge is 0.267 e. The summed E-state index contributed by atoms with van der Waals surface area (Å²) in [6.45, 7) is 0.324. The lowest BCUT2D eigenvalue weighted by Gasteiger charge is -2.13. The molecule has 1 heterocycles. The molecule has 0 saturated carbocycles. The molecule has 0 spiro atoms. The lowest BCUT2D eigenvalue weighted by Crippen LogP contribution is -2.34. The number of ether oxygens (including phenoxy) is 2. The second-order valence-electron chi connectivity index (χ2n) is 2.69. The molecule has 0 aromatic carbocycles. The molecule has 78 valence electrons. The van der Waals surface area contributed by atoms with Crippen molar-refractivity contribution in [2.75, 3.05) is 20.8 Å². The fourth-order valence-corrected chi connectivity index (χ4v) is 1.01. The minimum atomic E-state index is -0.408. The van der Waals surface area contributed by atoms with Crippen LogP contribution in [-0.2, 0) is 9.47 Å². The second kappa shape index (κ2) is 5.41. The number of hydrogen-bond acceptors (Lipinski definition) is 3. The number of nitrogens with one attached hydrogen (secondary N) is 2. The zero-order chi connectivity index (χ0) is 10.4. The van der Waals surface area contributed by atoms with Crippen LogP contribution in [-0.4, -0.2) is 37.9 Å². The Hall–Kier alpha value is -1.33. The number of rotatable bonds is 5. The fraction of sp³-hybridized carbons (Fsp3) is 0.444. The van der Waals surface area contributed by atoms with E-state index < -0.39 is 6.29 Å². The predicted molar refractivity (Wildman–Crippen MR) is 50.9 cm³/mol. The van der Waals surface area contributed by atoms with Gasteiger partial charge in [0.05, 0.1) is 6.54 Å². The van der Waals surface area contributed by atoms with Gasteiger partial charge in [-0.1, -0.05) is 0 Å². The van der Waals surface area contributed by atoms with Crippen molar-refractivity contribution in [2.24, 2.45) is 0 Å². The van der Waals surface area contributed by atoms with E-state index in [2.05, 4.69) is 10.3 Å². The van der Waals surface area contributed by atoms with E-state index >= 15 is 0 Å². The molecule has 1 rings (SSSR count). The normalized spacial score (nSPS) is 10.5. The Bertz CT molecular complexity index is 268. The van der Waals surface area contributed by atoms with Gasteiger partial charge in [-0.25, -0.2) is 0 Å². The third-order valence-corrected chi connectivity index (χ3v) is 1.80. The van der Waals surface area contributed by atoms with E-state index in [9.17, 15) is 4.79 Å². The Morgan fingerprint density at radius 1 is 1.57 bits per heavy atom. The van der Waals surface area contributed by atoms with E-state index in [1.807, 2.05) is 0 Å². The Labute approximate surface area is 82.4 Å². The number of carbonyl (C=O) groups is 1. The molecule has 0 fully saturated rings. The van der Waals surface area contributed by atoms with E-state index in [-0.39, 0.29) is 5.91 Å². The summed E-state index contributed by atoms with van der Waals surface area (Å²) < 4.78 is 9.84. The molecular formula is C9H14N2O3. The van der Waals surface area contributed by atoms with E-state index in [0.29, 0.717) is 12.2 Å². The first-order chi connectivity index (χ1) is 6.77. The van der Waals surface area contributed by atoms with Crippen LogP contribution < -0.4 is 5.32 Å². The Kier molecular flexibility index (Phi) is 4.15. The van der Waals surface area contributed by atoms with Crippen molar-refractivity contribution >= 4 is 5.91 Å². The van der Waals surface area contributed by atoms with Gasteiger partial charge < -0.3 is 19.8 Å². The van der Waals surface area contributed by atoms with Gasteiger partial charge in [0.2, 0.25) is 0 Å². The van der Waals surface area contributed by atoms with Crippen molar-refractivity contribution in [1.82, 2.24) is 10.3 Å². The highest BCUT2D eigenvalue weighted by Gasteiger charge is 2.09. The zero-order valence-electron chi connectivity index (χ0n) is 8.24. The maximum Gasteiger partial charge on any atom is 0.267 e. The summed E-state index contributed by atoms with van der Waals surface area (Å²) in [5, 5.41) is 2.67. The van der Waals surface area contributed by atoms with Gasteiger partial charge in [0.15, 0.2) is 6.29 Å². The highest BCUT2D eigenvalue weighted by Crippen LogP contribution is 1.94. The number of hydrogen-bond donors (Lipinski definition) is 2. The van der Waals surface area contributed by atoms with Crippen molar-refractivity contribution in [3.63, 3.8) is 0 Å². The molecule has 0 aliphatic rings. The molecule has 0 bridgehead atoms.